The number of hydrogen-bond acceptors (Lipinski definition) is 3. The van der Waals surface area contributed by atoms with E-state index in [-0.39, 0.29) is 5.56 Å². The second-order valence-corrected chi connectivity index (χ2v) is 3.62. The van der Waals surface area contributed by atoms with Gasteiger partial charge < -0.3 is 10.8 Å². The molecule has 1 saturated carbocycles. The van der Waals surface area contributed by atoms with Crippen molar-refractivity contribution in [3.05, 3.63) is 29.1 Å². The second kappa shape index (κ2) is 2.69. The van der Waals surface area contributed by atoms with Crippen LogP contribution in [0.4, 0.5) is 4.39 Å². The fourth-order valence-corrected chi connectivity index (χ4v) is 1.40. The third kappa shape index (κ3) is 1.22. The monoisotopic (exact) mass is 192 g/mol. The predicted octanol–water partition coefficient (Wildman–Crippen LogP) is 1.35. The molecule has 0 bridgehead atoms. The first kappa shape index (κ1) is 8.97. The largest absolute Gasteiger partial charge is 0.504 e. The van der Waals surface area contributed by atoms with Gasteiger partial charge in [0.2, 0.25) is 0 Å². The van der Waals surface area contributed by atoms with Crippen molar-refractivity contribution in [3.63, 3.8) is 0 Å². The lowest BCUT2D eigenvalue weighted by atomic mass is 10.0. The first-order chi connectivity index (χ1) is 6.57. The molecule has 72 valence electrons. The smallest absolute Gasteiger partial charge is 0.169 e. The van der Waals surface area contributed by atoms with Gasteiger partial charge in [0, 0.05) is 5.54 Å². The molecule has 0 saturated heterocycles. The summed E-state index contributed by atoms with van der Waals surface area (Å²) in [5.74, 6) is -1.38. The molecule has 0 atom stereocenters. The van der Waals surface area contributed by atoms with E-state index in [1.54, 1.807) is 6.07 Å². The third-order valence-corrected chi connectivity index (χ3v) is 2.55. The lowest BCUT2D eigenvalue weighted by Gasteiger charge is -2.10. The molecule has 0 heterocycles. The minimum Gasteiger partial charge on any atom is -0.504 e. The number of benzene rings is 1. The van der Waals surface area contributed by atoms with Crippen LogP contribution in [0.15, 0.2) is 12.1 Å². The highest BCUT2D eigenvalue weighted by atomic mass is 19.1. The average molecular weight is 192 g/mol. The van der Waals surface area contributed by atoms with E-state index in [0.29, 0.717) is 5.56 Å². The summed E-state index contributed by atoms with van der Waals surface area (Å²) in [7, 11) is 0. The van der Waals surface area contributed by atoms with E-state index >= 15 is 0 Å². The Morgan fingerprint density at radius 3 is 2.64 bits per heavy atom. The van der Waals surface area contributed by atoms with Crippen molar-refractivity contribution in [1.29, 1.82) is 5.26 Å². The normalized spacial score (nSPS) is 17.5. The summed E-state index contributed by atoms with van der Waals surface area (Å²) < 4.78 is 13.1. The lowest BCUT2D eigenvalue weighted by molar-refractivity contribution is 0.429. The maximum atomic E-state index is 13.1. The quantitative estimate of drug-likeness (QED) is 0.705. The van der Waals surface area contributed by atoms with E-state index < -0.39 is 17.1 Å². The summed E-state index contributed by atoms with van der Waals surface area (Å²) >= 11 is 0. The number of phenols is 1. The van der Waals surface area contributed by atoms with Crippen molar-refractivity contribution in [2.24, 2.45) is 5.73 Å². The Kier molecular flexibility index (Phi) is 1.73. The third-order valence-electron chi connectivity index (χ3n) is 2.55. The van der Waals surface area contributed by atoms with E-state index in [4.69, 9.17) is 16.1 Å². The zero-order valence-corrected chi connectivity index (χ0v) is 7.42. The number of nitrogens with zero attached hydrogens (tertiary/aromatic N) is 1. The Balaban J connectivity index is 2.56. The second-order valence-electron chi connectivity index (χ2n) is 3.62. The molecule has 0 radical (unpaired) electrons. The van der Waals surface area contributed by atoms with E-state index in [2.05, 4.69) is 0 Å². The number of phenolic OH excluding ortho intramolecular Hbond substituents is 1. The number of rotatable bonds is 1. The fourth-order valence-electron chi connectivity index (χ4n) is 1.40. The van der Waals surface area contributed by atoms with Crippen molar-refractivity contribution >= 4 is 0 Å². The Bertz CT molecular complexity index is 432. The minimum atomic E-state index is -0.782. The van der Waals surface area contributed by atoms with Crippen molar-refractivity contribution in [2.75, 3.05) is 0 Å². The predicted molar refractivity (Wildman–Crippen MR) is 47.9 cm³/mol. The van der Waals surface area contributed by atoms with Crippen molar-refractivity contribution in [2.45, 2.75) is 18.4 Å². The van der Waals surface area contributed by atoms with Gasteiger partial charge in [-0.1, -0.05) is 0 Å². The maximum Gasteiger partial charge on any atom is 0.169 e. The number of halogens is 1. The Morgan fingerprint density at radius 1 is 1.50 bits per heavy atom. The average Bonchev–Trinajstić information content (AvgIpc) is 2.89. The number of nitrogens with two attached hydrogens (primary N) is 1. The lowest BCUT2D eigenvalue weighted by Crippen LogP contribution is -2.19. The molecule has 0 unspecified atom stereocenters. The van der Waals surface area contributed by atoms with Gasteiger partial charge in [0.1, 0.15) is 6.07 Å². The van der Waals surface area contributed by atoms with Gasteiger partial charge >= 0.3 is 0 Å². The molecule has 1 aliphatic rings. The first-order valence-corrected chi connectivity index (χ1v) is 4.29. The van der Waals surface area contributed by atoms with Crippen LogP contribution in [-0.2, 0) is 5.54 Å². The summed E-state index contributed by atoms with van der Waals surface area (Å²) in [5, 5.41) is 17.8. The zero-order chi connectivity index (χ0) is 10.3. The fraction of sp³-hybridized carbons (Fsp3) is 0.300. The van der Waals surface area contributed by atoms with Crippen LogP contribution < -0.4 is 5.73 Å². The molecular weight excluding hydrogens is 183 g/mol. The summed E-state index contributed by atoms with van der Waals surface area (Å²) in [6.07, 6.45) is 1.59. The molecule has 14 heavy (non-hydrogen) atoms. The van der Waals surface area contributed by atoms with Crippen LogP contribution in [0, 0.1) is 17.1 Å². The molecule has 2 rings (SSSR count). The van der Waals surface area contributed by atoms with E-state index in [1.165, 1.54) is 12.1 Å². The Hall–Kier alpha value is -1.60. The zero-order valence-electron chi connectivity index (χ0n) is 7.42. The van der Waals surface area contributed by atoms with Gasteiger partial charge in [-0.05, 0) is 30.5 Å². The standard InChI is InChI=1S/C10H9FN2O/c11-8-4-7(10(13)1-2-10)3-6(5-12)9(8)14/h3-4,14H,1-2,13H2. The molecule has 0 aromatic heterocycles. The molecule has 0 spiro atoms. The van der Waals surface area contributed by atoms with Gasteiger partial charge in [-0.3, -0.25) is 0 Å². The molecule has 1 fully saturated rings. The van der Waals surface area contributed by atoms with Crippen molar-refractivity contribution in [1.82, 2.24) is 0 Å². The van der Waals surface area contributed by atoms with Gasteiger partial charge in [0.05, 0.1) is 5.56 Å². The highest BCUT2D eigenvalue weighted by Crippen LogP contribution is 2.44. The topological polar surface area (TPSA) is 70.0 Å². The molecule has 0 amide bonds. The van der Waals surface area contributed by atoms with E-state index in [1.807, 2.05) is 0 Å². The molecule has 1 aromatic rings. The summed E-state index contributed by atoms with van der Waals surface area (Å²) in [6.45, 7) is 0. The highest BCUT2D eigenvalue weighted by molar-refractivity contribution is 5.48. The van der Waals surface area contributed by atoms with Crippen LogP contribution in [0.3, 0.4) is 0 Å². The maximum absolute atomic E-state index is 13.1. The van der Waals surface area contributed by atoms with Crippen LogP contribution in [0.5, 0.6) is 5.75 Å². The molecule has 3 N–H and O–H groups in total. The van der Waals surface area contributed by atoms with Crippen molar-refractivity contribution < 1.29 is 9.50 Å². The highest BCUT2D eigenvalue weighted by Gasteiger charge is 2.40. The summed E-state index contributed by atoms with van der Waals surface area (Å²) in [6, 6.07) is 4.38. The van der Waals surface area contributed by atoms with Crippen LogP contribution in [0.1, 0.15) is 24.0 Å². The van der Waals surface area contributed by atoms with Crippen LogP contribution in [0.25, 0.3) is 0 Å². The van der Waals surface area contributed by atoms with Crippen LogP contribution >= 0.6 is 0 Å². The van der Waals surface area contributed by atoms with Gasteiger partial charge in [-0.15, -0.1) is 0 Å². The molecule has 3 nitrogen and oxygen atoms in total. The van der Waals surface area contributed by atoms with E-state index in [9.17, 15) is 4.39 Å². The summed E-state index contributed by atoms with van der Waals surface area (Å²) in [4.78, 5) is 0. The van der Waals surface area contributed by atoms with Crippen LogP contribution in [-0.4, -0.2) is 5.11 Å². The minimum absolute atomic E-state index is 0.0586. The Morgan fingerprint density at radius 2 is 2.14 bits per heavy atom. The Labute approximate surface area is 80.6 Å². The van der Waals surface area contributed by atoms with Gasteiger partial charge in [0.15, 0.2) is 11.6 Å². The summed E-state index contributed by atoms with van der Waals surface area (Å²) in [5.41, 5.74) is 5.90. The SMILES string of the molecule is N#Cc1cc(C2(N)CC2)cc(F)c1O. The molecule has 0 aliphatic heterocycles. The first-order valence-electron chi connectivity index (χ1n) is 4.29. The molecule has 1 aromatic carbocycles. The van der Waals surface area contributed by atoms with Crippen LogP contribution in [0.2, 0.25) is 0 Å². The molecule has 1 aliphatic carbocycles. The number of hydrogen-bond donors (Lipinski definition) is 2. The van der Waals surface area contributed by atoms with Gasteiger partial charge in [-0.25, -0.2) is 4.39 Å². The van der Waals surface area contributed by atoms with E-state index in [0.717, 1.165) is 12.8 Å². The number of nitriles is 1. The molecule has 4 heteroatoms. The number of aromatic hydroxyl groups is 1. The van der Waals surface area contributed by atoms with Gasteiger partial charge in [0.25, 0.3) is 0 Å². The molecular formula is C10H9FN2O. The van der Waals surface area contributed by atoms with Gasteiger partial charge in [-0.2, -0.15) is 5.26 Å². The van der Waals surface area contributed by atoms with Crippen molar-refractivity contribution in [3.8, 4) is 11.8 Å².